The normalized spacial score (nSPS) is 29.7. The fourth-order valence-electron chi connectivity index (χ4n) is 3.74. The second-order valence-electron chi connectivity index (χ2n) is 6.28. The van der Waals surface area contributed by atoms with Crippen LogP contribution in [0.5, 0.6) is 0 Å². The first-order chi connectivity index (χ1) is 12.2. The van der Waals surface area contributed by atoms with Crippen molar-refractivity contribution in [3.05, 3.63) is 24.5 Å². The summed E-state index contributed by atoms with van der Waals surface area (Å²) in [7, 11) is 1.44. The van der Waals surface area contributed by atoms with Crippen molar-refractivity contribution in [1.82, 2.24) is 20.5 Å². The first-order valence-corrected chi connectivity index (χ1v) is 8.31. The van der Waals surface area contributed by atoms with Gasteiger partial charge in [0.2, 0.25) is 0 Å². The van der Waals surface area contributed by atoms with Crippen LogP contribution in [0.3, 0.4) is 0 Å². The van der Waals surface area contributed by atoms with Crippen LogP contribution in [0.25, 0.3) is 0 Å². The molecule has 0 spiro atoms. The number of carbonyl (C=O) groups excluding carboxylic acids is 2. The lowest BCUT2D eigenvalue weighted by atomic mass is 10.00. The van der Waals surface area contributed by atoms with E-state index in [1.54, 1.807) is 30.9 Å². The third kappa shape index (κ3) is 2.38. The molecule has 25 heavy (non-hydrogen) atoms. The Balaban J connectivity index is 1.78. The monoisotopic (exact) mass is 344 g/mol. The number of aliphatic imine (C=N–C) groups is 1. The summed E-state index contributed by atoms with van der Waals surface area (Å²) in [6.45, 7) is 1.77. The lowest BCUT2D eigenvalue weighted by molar-refractivity contribution is -0.148. The summed E-state index contributed by atoms with van der Waals surface area (Å²) in [5, 5.41) is 5.69. The molecule has 0 aromatic carbocycles. The van der Waals surface area contributed by atoms with E-state index in [1.807, 2.05) is 4.90 Å². The van der Waals surface area contributed by atoms with E-state index >= 15 is 0 Å². The minimum absolute atomic E-state index is 0.176. The average molecular weight is 344 g/mol. The topological polar surface area (TPSA) is 99.2 Å². The maximum absolute atomic E-state index is 12.7. The van der Waals surface area contributed by atoms with Gasteiger partial charge in [-0.3, -0.25) is 20.0 Å². The highest BCUT2D eigenvalue weighted by atomic mass is 16.5. The van der Waals surface area contributed by atoms with Crippen LogP contribution in [0.1, 0.15) is 12.8 Å². The van der Waals surface area contributed by atoms with Crippen LogP contribution in [-0.2, 0) is 9.53 Å². The third-order valence-corrected chi connectivity index (χ3v) is 5.01. The molecule has 3 aliphatic heterocycles. The van der Waals surface area contributed by atoms with E-state index in [-0.39, 0.29) is 6.04 Å². The zero-order valence-electron chi connectivity index (χ0n) is 13.9. The van der Waals surface area contributed by atoms with Gasteiger partial charge >= 0.3 is 6.03 Å². The third-order valence-electron chi connectivity index (χ3n) is 5.01. The molecule has 0 saturated carbocycles. The lowest BCUT2D eigenvalue weighted by Crippen LogP contribution is -2.73. The Bertz CT molecular complexity index is 705. The summed E-state index contributed by atoms with van der Waals surface area (Å²) in [5.74, 6) is -0.539. The summed E-state index contributed by atoms with van der Waals surface area (Å²) in [6, 6.07) is 3.15. The number of imide groups is 1. The van der Waals surface area contributed by atoms with Gasteiger partial charge in [0.05, 0.1) is 12.0 Å². The Labute approximate surface area is 145 Å². The first-order valence-electron chi connectivity index (χ1n) is 8.31. The van der Waals surface area contributed by atoms with E-state index < -0.39 is 23.8 Å². The van der Waals surface area contributed by atoms with Gasteiger partial charge in [0.1, 0.15) is 0 Å². The molecule has 2 unspecified atom stereocenters. The van der Waals surface area contributed by atoms with Crippen LogP contribution in [-0.4, -0.2) is 66.3 Å². The number of ether oxygens (including phenoxy) is 1. The van der Waals surface area contributed by atoms with Crippen LogP contribution in [0, 0.1) is 0 Å². The van der Waals surface area contributed by atoms with Crippen LogP contribution in [0.2, 0.25) is 0 Å². The summed E-state index contributed by atoms with van der Waals surface area (Å²) in [4.78, 5) is 37.2. The maximum Gasteiger partial charge on any atom is 0.330 e. The molecule has 9 nitrogen and oxygen atoms in total. The Morgan fingerprint density at radius 1 is 1.24 bits per heavy atom. The van der Waals surface area contributed by atoms with Gasteiger partial charge in [-0.05, 0) is 38.1 Å². The number of urea groups is 1. The second kappa shape index (κ2) is 6.08. The van der Waals surface area contributed by atoms with Crippen molar-refractivity contribution in [1.29, 1.82) is 0 Å². The highest BCUT2D eigenvalue weighted by molar-refractivity contribution is 6.11. The number of carbonyl (C=O) groups is 2. The van der Waals surface area contributed by atoms with Crippen LogP contribution < -0.4 is 15.5 Å². The highest BCUT2D eigenvalue weighted by Gasteiger charge is 2.61. The molecule has 1 aromatic rings. The zero-order chi connectivity index (χ0) is 17.4. The van der Waals surface area contributed by atoms with Crippen molar-refractivity contribution in [2.75, 3.05) is 25.1 Å². The number of hydrogen-bond donors (Lipinski definition) is 2. The quantitative estimate of drug-likeness (QED) is 0.795. The molecule has 0 radical (unpaired) electrons. The molecule has 0 bridgehead atoms. The first kappa shape index (κ1) is 16.0. The highest BCUT2D eigenvalue weighted by Crippen LogP contribution is 2.37. The molecule has 2 N–H and O–H groups in total. The van der Waals surface area contributed by atoms with Crippen molar-refractivity contribution >= 4 is 24.0 Å². The standard InChI is InChI=1S/C16H20N6O3/c1-25-16-13(23)20-15(24)22(12-4-8-18-9-5-12)14(16)21(10-19-16)11-2-6-17-7-3-11/h4-5,8-11,14,17H,2-3,6-7H2,1H3,(H,20,23,24). The molecule has 9 heteroatoms. The molecule has 4 heterocycles. The summed E-state index contributed by atoms with van der Waals surface area (Å²) >= 11 is 0. The van der Waals surface area contributed by atoms with Crippen LogP contribution in [0.4, 0.5) is 10.5 Å². The van der Waals surface area contributed by atoms with Gasteiger partial charge < -0.3 is 15.0 Å². The molecular formula is C16H20N6O3. The second-order valence-corrected chi connectivity index (χ2v) is 6.28. The number of hydrogen-bond acceptors (Lipinski definition) is 7. The number of nitrogens with zero attached hydrogens (tertiary/aromatic N) is 4. The molecular weight excluding hydrogens is 324 g/mol. The van der Waals surface area contributed by atoms with Gasteiger partial charge in [-0.25, -0.2) is 9.79 Å². The van der Waals surface area contributed by atoms with Crippen molar-refractivity contribution < 1.29 is 14.3 Å². The molecule has 1 aromatic heterocycles. The number of rotatable bonds is 3. The van der Waals surface area contributed by atoms with E-state index in [9.17, 15) is 9.59 Å². The Morgan fingerprint density at radius 3 is 2.64 bits per heavy atom. The summed E-state index contributed by atoms with van der Waals surface area (Å²) in [6.07, 6.45) is 6.02. The number of aromatic nitrogens is 1. The fourth-order valence-corrected chi connectivity index (χ4v) is 3.74. The van der Waals surface area contributed by atoms with Crippen molar-refractivity contribution in [2.24, 2.45) is 4.99 Å². The van der Waals surface area contributed by atoms with Gasteiger partial charge in [0, 0.05) is 25.5 Å². The number of nitrogens with one attached hydrogen (secondary N) is 2. The number of fused-ring (bicyclic) bond motifs is 1. The van der Waals surface area contributed by atoms with Gasteiger partial charge in [-0.2, -0.15) is 0 Å². The molecule has 2 saturated heterocycles. The minimum atomic E-state index is -1.47. The van der Waals surface area contributed by atoms with E-state index in [4.69, 9.17) is 4.74 Å². The molecule has 0 aliphatic carbocycles. The molecule has 3 amide bonds. The summed E-state index contributed by atoms with van der Waals surface area (Å²) < 4.78 is 5.56. The summed E-state index contributed by atoms with van der Waals surface area (Å²) in [5.41, 5.74) is -0.835. The van der Waals surface area contributed by atoms with Crippen LogP contribution >= 0.6 is 0 Å². The Morgan fingerprint density at radius 2 is 1.96 bits per heavy atom. The predicted octanol–water partition coefficient (Wildman–Crippen LogP) is -0.0975. The average Bonchev–Trinajstić information content (AvgIpc) is 3.04. The molecule has 2 atom stereocenters. The number of pyridine rings is 1. The Hall–Kier alpha value is -2.52. The van der Waals surface area contributed by atoms with E-state index in [2.05, 4.69) is 20.6 Å². The molecule has 132 valence electrons. The number of methoxy groups -OCH3 is 1. The van der Waals surface area contributed by atoms with E-state index in [0.29, 0.717) is 5.69 Å². The molecule has 3 aliphatic rings. The molecule has 2 fully saturated rings. The lowest BCUT2D eigenvalue weighted by Gasteiger charge is -2.47. The van der Waals surface area contributed by atoms with E-state index in [0.717, 1.165) is 25.9 Å². The number of amides is 3. The fraction of sp³-hybridized carbons (Fsp3) is 0.500. The van der Waals surface area contributed by atoms with Gasteiger partial charge in [-0.15, -0.1) is 0 Å². The van der Waals surface area contributed by atoms with Gasteiger partial charge in [0.25, 0.3) is 11.6 Å². The zero-order valence-corrected chi connectivity index (χ0v) is 13.9. The SMILES string of the molecule is COC12N=CN(C3CCNCC3)C1N(c1ccncc1)C(=O)NC2=O. The number of anilines is 1. The largest absolute Gasteiger partial charge is 0.346 e. The van der Waals surface area contributed by atoms with Crippen molar-refractivity contribution in [2.45, 2.75) is 30.8 Å². The predicted molar refractivity (Wildman–Crippen MR) is 90.0 cm³/mol. The van der Waals surface area contributed by atoms with E-state index in [1.165, 1.54) is 12.0 Å². The van der Waals surface area contributed by atoms with Crippen molar-refractivity contribution in [3.8, 4) is 0 Å². The maximum atomic E-state index is 12.7. The Kier molecular flexibility index (Phi) is 3.89. The van der Waals surface area contributed by atoms with Gasteiger partial charge in [-0.1, -0.05) is 0 Å². The van der Waals surface area contributed by atoms with Crippen molar-refractivity contribution in [3.63, 3.8) is 0 Å². The number of piperidine rings is 1. The molecule has 4 rings (SSSR count). The smallest absolute Gasteiger partial charge is 0.330 e. The van der Waals surface area contributed by atoms with Crippen LogP contribution in [0.15, 0.2) is 29.5 Å². The minimum Gasteiger partial charge on any atom is -0.346 e. The van der Waals surface area contributed by atoms with Gasteiger partial charge in [0.15, 0.2) is 6.17 Å².